The second-order valence-corrected chi connectivity index (χ2v) is 7.20. The number of benzene rings is 1. The van der Waals surface area contributed by atoms with Crippen molar-refractivity contribution >= 4 is 23.5 Å². The van der Waals surface area contributed by atoms with E-state index in [1.807, 2.05) is 6.92 Å². The van der Waals surface area contributed by atoms with Crippen LogP contribution in [0, 0.1) is 6.92 Å². The van der Waals surface area contributed by atoms with Crippen molar-refractivity contribution in [3.05, 3.63) is 23.9 Å². The summed E-state index contributed by atoms with van der Waals surface area (Å²) in [6.07, 6.45) is -2.05. The second kappa shape index (κ2) is 7.47. The summed E-state index contributed by atoms with van der Waals surface area (Å²) in [5.41, 5.74) is 7.41. The number of alkyl halides is 2. The third kappa shape index (κ3) is 3.29. The smallest absolute Gasteiger partial charge is 0.416 e. The third-order valence-electron chi connectivity index (χ3n) is 5.23. The Morgan fingerprint density at radius 2 is 2.13 bits per heavy atom. The fourth-order valence-corrected chi connectivity index (χ4v) is 3.55. The normalized spacial score (nSPS) is 18.9. The SMILES string of the molecule is Cc1c(N[C@@H](C)C(N)=O)ccc2c1OCCn1cc(N3C(=O)OC[C@H]3C(F)F)nc1-2. The van der Waals surface area contributed by atoms with Crippen molar-refractivity contribution in [1.82, 2.24) is 9.55 Å². The predicted octanol–water partition coefficient (Wildman–Crippen LogP) is 2.13. The van der Waals surface area contributed by atoms with Crippen LogP contribution in [0.2, 0.25) is 0 Å². The first-order valence-corrected chi connectivity index (χ1v) is 9.42. The van der Waals surface area contributed by atoms with Crippen LogP contribution < -0.4 is 20.7 Å². The first-order valence-electron chi connectivity index (χ1n) is 9.42. The van der Waals surface area contributed by atoms with Crippen LogP contribution >= 0.6 is 0 Å². The van der Waals surface area contributed by atoms with Gasteiger partial charge in [-0.1, -0.05) is 0 Å². The summed E-state index contributed by atoms with van der Waals surface area (Å²) in [5, 5.41) is 3.04. The van der Waals surface area contributed by atoms with Crippen LogP contribution in [0.5, 0.6) is 5.75 Å². The average Bonchev–Trinajstić information content (AvgIpc) is 3.23. The molecule has 2 aliphatic heterocycles. The number of carbonyl (C=O) groups is 2. The number of primary amides is 1. The van der Waals surface area contributed by atoms with Gasteiger partial charge in [0.25, 0.3) is 6.43 Å². The van der Waals surface area contributed by atoms with Gasteiger partial charge in [0.15, 0.2) is 5.82 Å². The number of amides is 2. The number of imidazole rings is 1. The van der Waals surface area contributed by atoms with Crippen LogP contribution in [-0.2, 0) is 16.1 Å². The highest BCUT2D eigenvalue weighted by molar-refractivity contribution is 5.90. The Bertz CT molecular complexity index is 1010. The van der Waals surface area contributed by atoms with Gasteiger partial charge in [0.05, 0.1) is 12.1 Å². The number of ether oxygens (including phenoxy) is 2. The number of fused-ring (bicyclic) bond motifs is 3. The van der Waals surface area contributed by atoms with Gasteiger partial charge >= 0.3 is 6.09 Å². The molecule has 2 aromatic rings. The van der Waals surface area contributed by atoms with Crippen LogP contribution in [0.25, 0.3) is 11.4 Å². The molecule has 4 rings (SSSR count). The van der Waals surface area contributed by atoms with Crippen molar-refractivity contribution in [2.45, 2.75) is 38.9 Å². The summed E-state index contributed by atoms with van der Waals surface area (Å²) in [6, 6.07) is 1.58. The summed E-state index contributed by atoms with van der Waals surface area (Å²) in [4.78, 5) is 28.7. The topological polar surface area (TPSA) is 112 Å². The zero-order valence-corrected chi connectivity index (χ0v) is 16.4. The molecule has 1 aromatic carbocycles. The van der Waals surface area contributed by atoms with Crippen molar-refractivity contribution < 1.29 is 27.8 Å². The summed E-state index contributed by atoms with van der Waals surface area (Å²) in [5.74, 6) is 0.661. The van der Waals surface area contributed by atoms with E-state index in [0.717, 1.165) is 10.5 Å². The molecule has 1 aromatic heterocycles. The van der Waals surface area contributed by atoms with Crippen molar-refractivity contribution in [1.29, 1.82) is 0 Å². The maximum Gasteiger partial charge on any atom is 0.416 e. The van der Waals surface area contributed by atoms with Crippen molar-refractivity contribution in [2.24, 2.45) is 5.73 Å². The predicted molar refractivity (Wildman–Crippen MR) is 104 cm³/mol. The molecule has 0 unspecified atom stereocenters. The molecule has 3 heterocycles. The molecule has 3 N–H and O–H groups in total. The number of nitrogens with zero attached hydrogens (tertiary/aromatic N) is 3. The van der Waals surface area contributed by atoms with Gasteiger partial charge in [0, 0.05) is 17.4 Å². The van der Waals surface area contributed by atoms with E-state index in [-0.39, 0.29) is 12.4 Å². The van der Waals surface area contributed by atoms with Gasteiger partial charge in [-0.05, 0) is 26.0 Å². The molecular weight excluding hydrogens is 400 g/mol. The Hall–Kier alpha value is -3.37. The third-order valence-corrected chi connectivity index (χ3v) is 5.23. The minimum Gasteiger partial charge on any atom is -0.491 e. The van der Waals surface area contributed by atoms with Crippen LogP contribution in [-0.4, -0.2) is 53.3 Å². The molecule has 2 amide bonds. The van der Waals surface area contributed by atoms with Crippen molar-refractivity contribution in [3.8, 4) is 17.1 Å². The average molecular weight is 421 g/mol. The molecule has 0 bridgehead atoms. The van der Waals surface area contributed by atoms with Gasteiger partial charge in [-0.3, -0.25) is 4.79 Å². The van der Waals surface area contributed by atoms with E-state index in [9.17, 15) is 18.4 Å². The fourth-order valence-electron chi connectivity index (χ4n) is 3.55. The standard InChI is InChI=1S/C19H21F2N5O4/c1-9-12(23-10(2)17(22)27)4-3-11-15(9)29-6-5-25-7-14(24-18(11)25)26-13(16(20)21)8-30-19(26)28/h3-4,7,10,13,16,23H,5-6,8H2,1-2H3,(H2,22,27)/t10-,13-/m0/s1. The Kier molecular flexibility index (Phi) is 4.96. The van der Waals surface area contributed by atoms with E-state index in [4.69, 9.17) is 15.2 Å². The minimum absolute atomic E-state index is 0.104. The Balaban J connectivity index is 1.73. The number of anilines is 2. The van der Waals surface area contributed by atoms with E-state index in [2.05, 4.69) is 10.3 Å². The molecule has 0 spiro atoms. The zero-order chi connectivity index (χ0) is 21.6. The number of hydrogen-bond donors (Lipinski definition) is 2. The van der Waals surface area contributed by atoms with Gasteiger partial charge in [0.2, 0.25) is 5.91 Å². The van der Waals surface area contributed by atoms with Crippen molar-refractivity contribution in [2.75, 3.05) is 23.4 Å². The first kappa shape index (κ1) is 19.9. The van der Waals surface area contributed by atoms with Crippen LogP contribution in [0.1, 0.15) is 12.5 Å². The van der Waals surface area contributed by atoms with Crippen LogP contribution in [0.15, 0.2) is 18.3 Å². The molecule has 30 heavy (non-hydrogen) atoms. The monoisotopic (exact) mass is 421 g/mol. The highest BCUT2D eigenvalue weighted by Crippen LogP contribution is 2.40. The molecule has 2 atom stereocenters. The van der Waals surface area contributed by atoms with E-state index >= 15 is 0 Å². The molecule has 0 saturated carbocycles. The van der Waals surface area contributed by atoms with Crippen molar-refractivity contribution in [3.63, 3.8) is 0 Å². The Morgan fingerprint density at radius 3 is 2.83 bits per heavy atom. The highest BCUT2D eigenvalue weighted by Gasteiger charge is 2.42. The number of carbonyl (C=O) groups excluding carboxylic acids is 2. The lowest BCUT2D eigenvalue weighted by Crippen LogP contribution is -2.38. The van der Waals surface area contributed by atoms with Gasteiger partial charge in [-0.2, -0.15) is 0 Å². The number of halogens is 2. The molecule has 1 saturated heterocycles. The summed E-state index contributed by atoms with van der Waals surface area (Å²) < 4.78 is 39.1. The summed E-state index contributed by atoms with van der Waals surface area (Å²) >= 11 is 0. The van der Waals surface area contributed by atoms with E-state index in [1.54, 1.807) is 29.8 Å². The van der Waals surface area contributed by atoms with E-state index < -0.39 is 30.5 Å². The second-order valence-electron chi connectivity index (χ2n) is 7.20. The lowest BCUT2D eigenvalue weighted by atomic mass is 10.1. The maximum absolute atomic E-state index is 13.3. The number of aromatic nitrogens is 2. The number of nitrogens with two attached hydrogens (primary N) is 1. The van der Waals surface area contributed by atoms with Crippen LogP contribution in [0.4, 0.5) is 25.1 Å². The lowest BCUT2D eigenvalue weighted by Gasteiger charge is -2.18. The largest absolute Gasteiger partial charge is 0.491 e. The summed E-state index contributed by atoms with van der Waals surface area (Å²) in [7, 11) is 0. The number of hydrogen-bond acceptors (Lipinski definition) is 6. The number of nitrogens with one attached hydrogen (secondary N) is 1. The fraction of sp³-hybridized carbons (Fsp3) is 0.421. The summed E-state index contributed by atoms with van der Waals surface area (Å²) in [6.45, 7) is 3.83. The number of rotatable bonds is 5. The zero-order valence-electron chi connectivity index (χ0n) is 16.4. The van der Waals surface area contributed by atoms with Gasteiger partial charge in [-0.25, -0.2) is 23.5 Å². The highest BCUT2D eigenvalue weighted by atomic mass is 19.3. The molecule has 0 aliphatic carbocycles. The van der Waals surface area contributed by atoms with Gasteiger partial charge < -0.3 is 25.1 Å². The first-order chi connectivity index (χ1) is 14.3. The molecule has 160 valence electrons. The van der Waals surface area contributed by atoms with Crippen LogP contribution in [0.3, 0.4) is 0 Å². The Morgan fingerprint density at radius 1 is 1.37 bits per heavy atom. The van der Waals surface area contributed by atoms with Gasteiger partial charge in [-0.15, -0.1) is 0 Å². The molecule has 11 heteroatoms. The van der Waals surface area contributed by atoms with Gasteiger partial charge in [0.1, 0.15) is 36.9 Å². The molecular formula is C19H21F2N5O4. The minimum atomic E-state index is -2.75. The Labute approximate surface area is 170 Å². The quantitative estimate of drug-likeness (QED) is 0.765. The molecule has 0 radical (unpaired) electrons. The van der Waals surface area contributed by atoms with E-state index in [1.165, 1.54) is 0 Å². The number of cyclic esters (lactones) is 1. The lowest BCUT2D eigenvalue weighted by molar-refractivity contribution is -0.118. The van der Waals surface area contributed by atoms with E-state index in [0.29, 0.717) is 36.0 Å². The molecule has 2 aliphatic rings. The molecule has 1 fully saturated rings. The maximum atomic E-state index is 13.3. The molecule has 9 nitrogen and oxygen atoms in total.